The number of esters is 3. The minimum Gasteiger partial charge on any atom is -0.462 e. The van der Waals surface area contributed by atoms with Crippen LogP contribution in [0.1, 0.15) is 201 Å². The van der Waals surface area contributed by atoms with Gasteiger partial charge in [0.2, 0.25) is 0 Å². The highest BCUT2D eigenvalue weighted by Gasteiger charge is 2.19. The second-order valence-corrected chi connectivity index (χ2v) is 12.5. The zero-order valence-corrected chi connectivity index (χ0v) is 28.7. The Kier molecular flexibility index (Phi) is 32.1. The first-order valence-corrected chi connectivity index (χ1v) is 18.5. The first-order chi connectivity index (χ1) is 21.0. The molecule has 0 aromatic heterocycles. The van der Waals surface area contributed by atoms with Crippen molar-refractivity contribution in [2.45, 2.75) is 207 Å². The molecule has 0 radical (unpaired) electrons. The molecule has 0 aliphatic rings. The molecule has 0 saturated carbocycles. The lowest BCUT2D eigenvalue weighted by Gasteiger charge is -2.18. The third kappa shape index (κ3) is 31.6. The summed E-state index contributed by atoms with van der Waals surface area (Å²) in [6, 6.07) is 0. The topological polar surface area (TPSA) is 78.9 Å². The summed E-state index contributed by atoms with van der Waals surface area (Å²) >= 11 is 0. The number of hydrogen-bond acceptors (Lipinski definition) is 6. The van der Waals surface area contributed by atoms with Crippen LogP contribution in [0, 0.1) is 0 Å². The SMILES string of the molecule is CCCCCCCCCCCCCC(=O)O[C@@H](COC(=O)CCCCCCC)COC(=O)CCCCCCCCCCC. The van der Waals surface area contributed by atoms with E-state index in [0.717, 1.165) is 64.2 Å². The highest BCUT2D eigenvalue weighted by molar-refractivity contribution is 5.71. The lowest BCUT2D eigenvalue weighted by atomic mass is 10.1. The quantitative estimate of drug-likeness (QED) is 0.0418. The molecule has 0 saturated heterocycles. The Hall–Kier alpha value is -1.59. The maximum atomic E-state index is 12.5. The molecule has 0 spiro atoms. The van der Waals surface area contributed by atoms with Crippen molar-refractivity contribution in [3.8, 4) is 0 Å². The van der Waals surface area contributed by atoms with Crippen molar-refractivity contribution in [3.63, 3.8) is 0 Å². The van der Waals surface area contributed by atoms with E-state index in [9.17, 15) is 14.4 Å². The normalized spacial score (nSPS) is 11.8. The average Bonchev–Trinajstić information content (AvgIpc) is 3.00. The van der Waals surface area contributed by atoms with E-state index in [-0.39, 0.29) is 31.1 Å². The lowest BCUT2D eigenvalue weighted by Crippen LogP contribution is -2.30. The summed E-state index contributed by atoms with van der Waals surface area (Å²) in [5, 5.41) is 0. The van der Waals surface area contributed by atoms with Crippen molar-refractivity contribution in [2.24, 2.45) is 0 Å². The third-order valence-corrected chi connectivity index (χ3v) is 8.11. The number of unbranched alkanes of at least 4 members (excludes halogenated alkanes) is 22. The van der Waals surface area contributed by atoms with E-state index in [1.807, 2.05) is 0 Å². The van der Waals surface area contributed by atoms with E-state index in [1.165, 1.54) is 96.3 Å². The molecule has 0 aromatic carbocycles. The van der Waals surface area contributed by atoms with Gasteiger partial charge in [-0.2, -0.15) is 0 Å². The van der Waals surface area contributed by atoms with E-state index < -0.39 is 6.10 Å². The Labute approximate surface area is 266 Å². The third-order valence-electron chi connectivity index (χ3n) is 8.11. The van der Waals surface area contributed by atoms with Crippen molar-refractivity contribution < 1.29 is 28.6 Å². The lowest BCUT2D eigenvalue weighted by molar-refractivity contribution is -0.167. The number of carbonyl (C=O) groups excluding carboxylic acids is 3. The van der Waals surface area contributed by atoms with Gasteiger partial charge in [0.1, 0.15) is 13.2 Å². The van der Waals surface area contributed by atoms with Crippen molar-refractivity contribution >= 4 is 17.9 Å². The second kappa shape index (κ2) is 33.3. The molecule has 6 nitrogen and oxygen atoms in total. The molecule has 43 heavy (non-hydrogen) atoms. The predicted octanol–water partition coefficient (Wildman–Crippen LogP) is 11.0. The molecule has 1 atom stereocenters. The Morgan fingerprint density at radius 1 is 0.372 bits per heavy atom. The van der Waals surface area contributed by atoms with Crippen LogP contribution >= 0.6 is 0 Å². The molecule has 0 aromatic rings. The van der Waals surface area contributed by atoms with Crippen LogP contribution in [-0.4, -0.2) is 37.2 Å². The van der Waals surface area contributed by atoms with Crippen LogP contribution < -0.4 is 0 Å². The molecular formula is C37H70O6. The minimum atomic E-state index is -0.753. The van der Waals surface area contributed by atoms with Gasteiger partial charge >= 0.3 is 17.9 Å². The number of rotatable bonds is 33. The zero-order chi connectivity index (χ0) is 31.6. The van der Waals surface area contributed by atoms with E-state index in [2.05, 4.69) is 20.8 Å². The molecule has 0 heterocycles. The molecule has 0 bridgehead atoms. The highest BCUT2D eigenvalue weighted by atomic mass is 16.6. The second-order valence-electron chi connectivity index (χ2n) is 12.5. The van der Waals surface area contributed by atoms with Gasteiger partial charge in [-0.1, -0.05) is 162 Å². The Morgan fingerprint density at radius 3 is 0.930 bits per heavy atom. The minimum absolute atomic E-state index is 0.0654. The summed E-state index contributed by atoms with van der Waals surface area (Å²) in [7, 11) is 0. The van der Waals surface area contributed by atoms with Crippen molar-refractivity contribution in [3.05, 3.63) is 0 Å². The molecule has 0 fully saturated rings. The van der Waals surface area contributed by atoms with E-state index in [0.29, 0.717) is 19.3 Å². The largest absolute Gasteiger partial charge is 0.462 e. The summed E-state index contributed by atoms with van der Waals surface area (Å²) in [6.07, 6.45) is 29.7. The maximum Gasteiger partial charge on any atom is 0.306 e. The van der Waals surface area contributed by atoms with Gasteiger partial charge in [0, 0.05) is 19.3 Å². The fourth-order valence-corrected chi connectivity index (χ4v) is 5.26. The van der Waals surface area contributed by atoms with Crippen LogP contribution in [0.4, 0.5) is 0 Å². The van der Waals surface area contributed by atoms with Gasteiger partial charge in [-0.15, -0.1) is 0 Å². The van der Waals surface area contributed by atoms with Crippen LogP contribution in [0.2, 0.25) is 0 Å². The summed E-state index contributed by atoms with van der Waals surface area (Å²) in [4.78, 5) is 37.1. The Balaban J connectivity index is 4.29. The molecule has 6 heteroatoms. The fraction of sp³-hybridized carbons (Fsp3) is 0.919. The Bertz CT molecular complexity index is 635. The fourth-order valence-electron chi connectivity index (χ4n) is 5.26. The number of hydrogen-bond donors (Lipinski definition) is 0. The molecule has 0 aliphatic heterocycles. The van der Waals surface area contributed by atoms with Gasteiger partial charge in [-0.05, 0) is 19.3 Å². The van der Waals surface area contributed by atoms with E-state index >= 15 is 0 Å². The molecule has 254 valence electrons. The summed E-state index contributed by atoms with van der Waals surface area (Å²) in [6.45, 7) is 6.51. The summed E-state index contributed by atoms with van der Waals surface area (Å²) in [5.74, 6) is -0.882. The van der Waals surface area contributed by atoms with Gasteiger partial charge in [-0.3, -0.25) is 14.4 Å². The van der Waals surface area contributed by atoms with Crippen LogP contribution in [0.15, 0.2) is 0 Å². The zero-order valence-electron chi connectivity index (χ0n) is 28.7. The van der Waals surface area contributed by atoms with Crippen molar-refractivity contribution in [2.75, 3.05) is 13.2 Å². The van der Waals surface area contributed by atoms with Gasteiger partial charge < -0.3 is 14.2 Å². The van der Waals surface area contributed by atoms with E-state index in [1.54, 1.807) is 0 Å². The molecule has 0 rings (SSSR count). The van der Waals surface area contributed by atoms with Crippen molar-refractivity contribution in [1.82, 2.24) is 0 Å². The number of ether oxygens (including phenoxy) is 3. The predicted molar refractivity (Wildman–Crippen MR) is 178 cm³/mol. The molecule has 0 N–H and O–H groups in total. The van der Waals surface area contributed by atoms with Crippen LogP contribution in [-0.2, 0) is 28.6 Å². The molecule has 0 unspecified atom stereocenters. The van der Waals surface area contributed by atoms with Gasteiger partial charge in [0.25, 0.3) is 0 Å². The first-order valence-electron chi connectivity index (χ1n) is 18.5. The monoisotopic (exact) mass is 611 g/mol. The van der Waals surface area contributed by atoms with Crippen LogP contribution in [0.3, 0.4) is 0 Å². The smallest absolute Gasteiger partial charge is 0.306 e. The maximum absolute atomic E-state index is 12.5. The Morgan fingerprint density at radius 2 is 0.628 bits per heavy atom. The van der Waals surface area contributed by atoms with E-state index in [4.69, 9.17) is 14.2 Å². The molecule has 0 aliphatic carbocycles. The standard InChI is InChI=1S/C37H70O6/c1-4-7-10-13-15-17-18-20-22-25-28-31-37(40)43-34(32-41-35(38)29-26-23-12-9-6-3)33-42-36(39)30-27-24-21-19-16-14-11-8-5-2/h34H,4-33H2,1-3H3/t34-/m0/s1. The van der Waals surface area contributed by atoms with Gasteiger partial charge in [0.15, 0.2) is 6.10 Å². The van der Waals surface area contributed by atoms with Crippen LogP contribution in [0.25, 0.3) is 0 Å². The van der Waals surface area contributed by atoms with Gasteiger partial charge in [0.05, 0.1) is 0 Å². The number of carbonyl (C=O) groups is 3. The average molecular weight is 611 g/mol. The molecule has 0 amide bonds. The van der Waals surface area contributed by atoms with Gasteiger partial charge in [-0.25, -0.2) is 0 Å². The summed E-state index contributed by atoms with van der Waals surface area (Å²) in [5.41, 5.74) is 0. The van der Waals surface area contributed by atoms with Crippen molar-refractivity contribution in [1.29, 1.82) is 0 Å². The summed E-state index contributed by atoms with van der Waals surface area (Å²) < 4.78 is 16.5. The van der Waals surface area contributed by atoms with Crippen LogP contribution in [0.5, 0.6) is 0 Å². The highest BCUT2D eigenvalue weighted by Crippen LogP contribution is 2.14. The first kappa shape index (κ1) is 41.4. The molecular weight excluding hydrogens is 540 g/mol.